The highest BCUT2D eigenvalue weighted by atomic mass is 16.5. The smallest absolute Gasteiger partial charge is 0.255 e. The first-order valence-electron chi connectivity index (χ1n) is 9.05. The molecule has 3 rings (SSSR count). The summed E-state index contributed by atoms with van der Waals surface area (Å²) < 4.78 is 10.4. The molecule has 0 radical (unpaired) electrons. The van der Waals surface area contributed by atoms with Crippen LogP contribution in [-0.4, -0.2) is 32.1 Å². The highest BCUT2D eigenvalue weighted by molar-refractivity contribution is 6.05. The zero-order valence-electron chi connectivity index (χ0n) is 15.6. The molecule has 6 heteroatoms. The Balaban J connectivity index is 1.66. The van der Waals surface area contributed by atoms with Crippen LogP contribution in [0.15, 0.2) is 42.5 Å². The Kier molecular flexibility index (Phi) is 5.96. The molecule has 2 amide bonds. The number of hydrogen-bond acceptors (Lipinski definition) is 4. The van der Waals surface area contributed by atoms with Crippen LogP contribution in [0.1, 0.15) is 46.4 Å². The van der Waals surface area contributed by atoms with Gasteiger partial charge >= 0.3 is 0 Å². The lowest BCUT2D eigenvalue weighted by atomic mass is 10.1. The highest BCUT2D eigenvalue weighted by Gasteiger charge is 2.18. The molecule has 0 heterocycles. The molecule has 2 aromatic carbocycles. The number of hydrogen-bond donors (Lipinski definition) is 2. The van der Waals surface area contributed by atoms with Crippen molar-refractivity contribution in [3.05, 3.63) is 53.6 Å². The van der Waals surface area contributed by atoms with Crippen LogP contribution in [0.4, 0.5) is 5.69 Å². The average Bonchev–Trinajstić information content (AvgIpc) is 3.21. The standard InChI is InChI=1S/C21H24N2O4/c1-26-17-11-12-18(19(13-17)27-2)23-21(25)15-9-7-14(8-10-15)20(24)22-16-5-3-4-6-16/h7-13,16H,3-6H2,1-2H3,(H,22,24)(H,23,25). The van der Waals surface area contributed by atoms with E-state index in [0.717, 1.165) is 12.8 Å². The second-order valence-electron chi connectivity index (χ2n) is 6.55. The van der Waals surface area contributed by atoms with E-state index in [0.29, 0.717) is 28.3 Å². The van der Waals surface area contributed by atoms with Crippen molar-refractivity contribution in [1.29, 1.82) is 0 Å². The molecule has 1 saturated carbocycles. The molecule has 0 bridgehead atoms. The largest absolute Gasteiger partial charge is 0.497 e. The predicted molar refractivity (Wildman–Crippen MR) is 104 cm³/mol. The molecule has 0 spiro atoms. The van der Waals surface area contributed by atoms with Crippen LogP contribution in [0.5, 0.6) is 11.5 Å². The van der Waals surface area contributed by atoms with E-state index in [2.05, 4.69) is 10.6 Å². The van der Waals surface area contributed by atoms with Crippen molar-refractivity contribution in [1.82, 2.24) is 5.32 Å². The molecule has 27 heavy (non-hydrogen) atoms. The van der Waals surface area contributed by atoms with Gasteiger partial charge in [0.1, 0.15) is 11.5 Å². The van der Waals surface area contributed by atoms with Gasteiger partial charge in [-0.15, -0.1) is 0 Å². The monoisotopic (exact) mass is 368 g/mol. The third kappa shape index (κ3) is 4.58. The van der Waals surface area contributed by atoms with E-state index in [1.807, 2.05) is 0 Å². The Morgan fingerprint density at radius 1 is 0.889 bits per heavy atom. The van der Waals surface area contributed by atoms with E-state index in [1.165, 1.54) is 20.0 Å². The number of rotatable bonds is 6. The number of anilines is 1. The second kappa shape index (κ2) is 8.58. The summed E-state index contributed by atoms with van der Waals surface area (Å²) in [6.45, 7) is 0. The van der Waals surface area contributed by atoms with Crippen LogP contribution in [-0.2, 0) is 0 Å². The molecule has 0 aromatic heterocycles. The number of carbonyl (C=O) groups is 2. The fraction of sp³-hybridized carbons (Fsp3) is 0.333. The third-order valence-electron chi connectivity index (χ3n) is 4.76. The van der Waals surface area contributed by atoms with Crippen LogP contribution >= 0.6 is 0 Å². The fourth-order valence-corrected chi connectivity index (χ4v) is 3.21. The summed E-state index contributed by atoms with van der Waals surface area (Å²) in [5.41, 5.74) is 1.57. The molecule has 0 unspecified atom stereocenters. The van der Waals surface area contributed by atoms with E-state index < -0.39 is 0 Å². The van der Waals surface area contributed by atoms with Gasteiger partial charge in [0, 0.05) is 23.2 Å². The van der Waals surface area contributed by atoms with Gasteiger partial charge in [-0.05, 0) is 49.2 Å². The minimum absolute atomic E-state index is 0.0920. The van der Waals surface area contributed by atoms with Crippen LogP contribution in [0.2, 0.25) is 0 Å². The van der Waals surface area contributed by atoms with Crippen molar-refractivity contribution >= 4 is 17.5 Å². The molecule has 1 fully saturated rings. The Hall–Kier alpha value is -3.02. The van der Waals surface area contributed by atoms with Gasteiger partial charge in [0.15, 0.2) is 0 Å². The lowest BCUT2D eigenvalue weighted by Gasteiger charge is -2.13. The molecule has 2 N–H and O–H groups in total. The maximum absolute atomic E-state index is 12.5. The lowest BCUT2D eigenvalue weighted by Crippen LogP contribution is -2.32. The van der Waals surface area contributed by atoms with Gasteiger partial charge in [-0.1, -0.05) is 12.8 Å². The van der Waals surface area contributed by atoms with Crippen LogP contribution in [0.3, 0.4) is 0 Å². The van der Waals surface area contributed by atoms with Crippen molar-refractivity contribution in [3.63, 3.8) is 0 Å². The van der Waals surface area contributed by atoms with Gasteiger partial charge in [-0.25, -0.2) is 0 Å². The Morgan fingerprint density at radius 3 is 2.11 bits per heavy atom. The van der Waals surface area contributed by atoms with Crippen LogP contribution in [0.25, 0.3) is 0 Å². The number of amides is 2. The quantitative estimate of drug-likeness (QED) is 0.816. The number of carbonyl (C=O) groups excluding carboxylic acids is 2. The Labute approximate surface area is 158 Å². The average molecular weight is 368 g/mol. The van der Waals surface area contributed by atoms with E-state index in [1.54, 1.807) is 49.6 Å². The van der Waals surface area contributed by atoms with Crippen molar-refractivity contribution < 1.29 is 19.1 Å². The fourth-order valence-electron chi connectivity index (χ4n) is 3.21. The first kappa shape index (κ1) is 18.8. The maximum atomic E-state index is 12.5. The predicted octanol–water partition coefficient (Wildman–Crippen LogP) is 3.63. The first-order chi connectivity index (χ1) is 13.1. The molecule has 1 aliphatic carbocycles. The molecule has 6 nitrogen and oxygen atoms in total. The summed E-state index contributed by atoms with van der Waals surface area (Å²) >= 11 is 0. The van der Waals surface area contributed by atoms with Crippen molar-refractivity contribution in [2.24, 2.45) is 0 Å². The summed E-state index contributed by atoms with van der Waals surface area (Å²) in [5.74, 6) is 0.782. The van der Waals surface area contributed by atoms with E-state index >= 15 is 0 Å². The van der Waals surface area contributed by atoms with E-state index in [-0.39, 0.29) is 17.9 Å². The SMILES string of the molecule is COc1ccc(NC(=O)c2ccc(C(=O)NC3CCCC3)cc2)c(OC)c1. The number of nitrogens with one attached hydrogen (secondary N) is 2. The normalized spacial score (nSPS) is 13.9. The number of methoxy groups -OCH3 is 2. The third-order valence-corrected chi connectivity index (χ3v) is 4.76. The van der Waals surface area contributed by atoms with Crippen molar-refractivity contribution in [3.8, 4) is 11.5 Å². The van der Waals surface area contributed by atoms with Gasteiger partial charge < -0.3 is 20.1 Å². The zero-order chi connectivity index (χ0) is 19.2. The molecular weight excluding hydrogens is 344 g/mol. The molecule has 2 aromatic rings. The topological polar surface area (TPSA) is 76.7 Å². The van der Waals surface area contributed by atoms with Crippen molar-refractivity contribution in [2.75, 3.05) is 19.5 Å². The minimum Gasteiger partial charge on any atom is -0.497 e. The molecule has 0 atom stereocenters. The zero-order valence-corrected chi connectivity index (χ0v) is 15.6. The lowest BCUT2D eigenvalue weighted by molar-refractivity contribution is 0.0936. The summed E-state index contributed by atoms with van der Waals surface area (Å²) in [5, 5.41) is 5.86. The molecule has 0 aliphatic heterocycles. The molecule has 0 saturated heterocycles. The molecule has 142 valence electrons. The van der Waals surface area contributed by atoms with Crippen LogP contribution < -0.4 is 20.1 Å². The minimum atomic E-state index is -0.277. The van der Waals surface area contributed by atoms with Crippen molar-refractivity contribution in [2.45, 2.75) is 31.7 Å². The number of ether oxygens (including phenoxy) is 2. The highest BCUT2D eigenvalue weighted by Crippen LogP contribution is 2.29. The Morgan fingerprint density at radius 2 is 1.52 bits per heavy atom. The maximum Gasteiger partial charge on any atom is 0.255 e. The molecule has 1 aliphatic rings. The summed E-state index contributed by atoms with van der Waals surface area (Å²) in [6.07, 6.45) is 4.41. The van der Waals surface area contributed by atoms with E-state index in [9.17, 15) is 9.59 Å². The van der Waals surface area contributed by atoms with E-state index in [4.69, 9.17) is 9.47 Å². The number of benzene rings is 2. The van der Waals surface area contributed by atoms with Gasteiger partial charge in [0.05, 0.1) is 19.9 Å². The summed E-state index contributed by atoms with van der Waals surface area (Å²) in [7, 11) is 3.10. The summed E-state index contributed by atoms with van der Waals surface area (Å²) in [6, 6.07) is 12.1. The summed E-state index contributed by atoms with van der Waals surface area (Å²) in [4.78, 5) is 24.8. The van der Waals surface area contributed by atoms with Gasteiger partial charge in [0.25, 0.3) is 11.8 Å². The first-order valence-corrected chi connectivity index (χ1v) is 9.05. The Bertz CT molecular complexity index is 811. The van der Waals surface area contributed by atoms with Crippen LogP contribution in [0, 0.1) is 0 Å². The van der Waals surface area contributed by atoms with Gasteiger partial charge in [-0.3, -0.25) is 9.59 Å². The molecular formula is C21H24N2O4. The van der Waals surface area contributed by atoms with Gasteiger partial charge in [0.2, 0.25) is 0 Å². The second-order valence-corrected chi connectivity index (χ2v) is 6.55. The van der Waals surface area contributed by atoms with Gasteiger partial charge in [-0.2, -0.15) is 0 Å².